The Balaban J connectivity index is 2.47. The lowest BCUT2D eigenvalue weighted by Crippen LogP contribution is -2.02. The molecule has 2 rings (SSSR count). The van der Waals surface area contributed by atoms with Crippen molar-refractivity contribution in [3.05, 3.63) is 63.4 Å². The maximum absolute atomic E-state index is 14.0. The van der Waals surface area contributed by atoms with Gasteiger partial charge in [-0.05, 0) is 33.6 Å². The molecule has 0 N–H and O–H groups in total. The Hall–Kier alpha value is -1.01. The molecule has 0 saturated heterocycles. The third-order valence-corrected chi connectivity index (χ3v) is 4.41. The molecule has 1 atom stereocenters. The van der Waals surface area contributed by atoms with Crippen molar-refractivity contribution in [2.75, 3.05) is 7.11 Å². The van der Waals surface area contributed by atoms with Crippen LogP contribution in [0.5, 0.6) is 5.75 Å². The predicted octanol–water partition coefficient (Wildman–Crippen LogP) is 5.36. The van der Waals surface area contributed by atoms with Crippen LogP contribution in [0, 0.1) is 17.5 Å². The van der Waals surface area contributed by atoms with E-state index < -0.39 is 22.3 Å². The molecule has 0 bridgehead atoms. The highest BCUT2D eigenvalue weighted by molar-refractivity contribution is 9.10. The van der Waals surface area contributed by atoms with Crippen molar-refractivity contribution < 1.29 is 17.9 Å². The Bertz CT molecular complexity index is 623. The van der Waals surface area contributed by atoms with E-state index in [1.807, 2.05) is 0 Å². The first-order valence-corrected chi connectivity index (χ1v) is 7.27. The lowest BCUT2D eigenvalue weighted by molar-refractivity contribution is 0.405. The Morgan fingerprint density at radius 2 is 1.60 bits per heavy atom. The minimum atomic E-state index is -0.795. The maximum Gasteiger partial charge on any atom is 0.137 e. The molecule has 1 nitrogen and oxygen atoms in total. The quantitative estimate of drug-likeness (QED) is 0.620. The fourth-order valence-corrected chi connectivity index (χ4v) is 2.73. The molecule has 0 aromatic heterocycles. The maximum atomic E-state index is 14.0. The second-order valence-electron chi connectivity index (χ2n) is 4.04. The van der Waals surface area contributed by atoms with Crippen LogP contribution in [0.4, 0.5) is 13.2 Å². The summed E-state index contributed by atoms with van der Waals surface area (Å²) in [6, 6.07) is 6.45. The normalized spacial score (nSPS) is 12.3. The van der Waals surface area contributed by atoms with E-state index in [0.29, 0.717) is 5.56 Å². The van der Waals surface area contributed by atoms with Crippen LogP contribution in [0.3, 0.4) is 0 Å². The molecular weight excluding hydrogens is 401 g/mol. The highest BCUT2D eigenvalue weighted by Crippen LogP contribution is 2.36. The predicted molar refractivity (Wildman–Crippen MR) is 77.8 cm³/mol. The van der Waals surface area contributed by atoms with Gasteiger partial charge in [0.1, 0.15) is 23.2 Å². The molecule has 0 amide bonds. The van der Waals surface area contributed by atoms with Gasteiger partial charge in [-0.1, -0.05) is 22.0 Å². The summed E-state index contributed by atoms with van der Waals surface area (Å²) in [6.45, 7) is 0. The summed E-state index contributed by atoms with van der Waals surface area (Å²) in [4.78, 5) is -0.795. The molecule has 0 aliphatic carbocycles. The second-order valence-corrected chi connectivity index (χ2v) is 5.81. The first-order valence-electron chi connectivity index (χ1n) is 5.56. The Kier molecular flexibility index (Phi) is 4.75. The summed E-state index contributed by atoms with van der Waals surface area (Å²) in [5.41, 5.74) is 0.223. The number of hydrogen-bond acceptors (Lipinski definition) is 1. The molecule has 1 unspecified atom stereocenters. The van der Waals surface area contributed by atoms with Gasteiger partial charge in [-0.2, -0.15) is 0 Å². The van der Waals surface area contributed by atoms with Crippen LogP contribution in [-0.2, 0) is 0 Å². The second kappa shape index (κ2) is 6.18. The molecule has 20 heavy (non-hydrogen) atoms. The lowest BCUT2D eigenvalue weighted by atomic mass is 10.0. The third kappa shape index (κ3) is 3.01. The Labute approximate surface area is 131 Å². The summed E-state index contributed by atoms with van der Waals surface area (Å²) >= 11 is 6.23. The fourth-order valence-electron chi connectivity index (χ4n) is 1.76. The van der Waals surface area contributed by atoms with Crippen molar-refractivity contribution in [1.82, 2.24) is 0 Å². The average Bonchev–Trinajstić information content (AvgIpc) is 2.40. The molecule has 0 radical (unpaired) electrons. The van der Waals surface area contributed by atoms with Gasteiger partial charge < -0.3 is 4.74 Å². The number of ether oxygens (including phenoxy) is 1. The van der Waals surface area contributed by atoms with E-state index >= 15 is 0 Å². The van der Waals surface area contributed by atoms with Crippen molar-refractivity contribution in [2.45, 2.75) is 4.83 Å². The van der Waals surface area contributed by atoms with E-state index in [1.54, 1.807) is 6.07 Å². The highest BCUT2D eigenvalue weighted by Gasteiger charge is 2.21. The minimum Gasteiger partial charge on any atom is -0.497 e. The molecule has 2 aromatic rings. The van der Waals surface area contributed by atoms with E-state index in [1.165, 1.54) is 19.2 Å². The van der Waals surface area contributed by atoms with Gasteiger partial charge >= 0.3 is 0 Å². The topological polar surface area (TPSA) is 9.23 Å². The molecule has 0 spiro atoms. The van der Waals surface area contributed by atoms with Gasteiger partial charge in [0.2, 0.25) is 0 Å². The number of halogens is 5. The zero-order chi connectivity index (χ0) is 14.9. The Morgan fingerprint density at radius 1 is 1.00 bits per heavy atom. The lowest BCUT2D eigenvalue weighted by Gasteiger charge is -2.14. The summed E-state index contributed by atoms with van der Waals surface area (Å²) in [5, 5.41) is 0. The average molecular weight is 410 g/mol. The summed E-state index contributed by atoms with van der Waals surface area (Å²) < 4.78 is 46.5. The summed E-state index contributed by atoms with van der Waals surface area (Å²) in [6.07, 6.45) is 0. The first kappa shape index (κ1) is 15.4. The molecule has 0 saturated carbocycles. The van der Waals surface area contributed by atoms with Crippen LogP contribution in [0.1, 0.15) is 16.0 Å². The standard InChI is InChI=1S/C14H9Br2F3O/c1-20-8-5-11(18)13(12(19)6-8)14(16)7-2-3-9(15)10(17)4-7/h2-6,14H,1H3. The largest absolute Gasteiger partial charge is 0.497 e. The summed E-state index contributed by atoms with van der Waals surface area (Å²) in [5.74, 6) is -1.93. The SMILES string of the molecule is COc1cc(F)c(C(Br)c2ccc(Br)c(F)c2)c(F)c1. The van der Waals surface area contributed by atoms with Gasteiger partial charge in [-0.3, -0.25) is 0 Å². The molecule has 0 aliphatic rings. The van der Waals surface area contributed by atoms with Crippen molar-refractivity contribution in [1.29, 1.82) is 0 Å². The molecule has 0 heterocycles. The third-order valence-electron chi connectivity index (χ3n) is 2.78. The number of hydrogen-bond donors (Lipinski definition) is 0. The van der Waals surface area contributed by atoms with Gasteiger partial charge in [0.05, 0.1) is 16.4 Å². The zero-order valence-electron chi connectivity index (χ0n) is 10.3. The number of methoxy groups -OCH3 is 1. The van der Waals surface area contributed by atoms with Crippen LogP contribution in [0.25, 0.3) is 0 Å². The van der Waals surface area contributed by atoms with E-state index in [2.05, 4.69) is 31.9 Å². The van der Waals surface area contributed by atoms with Crippen LogP contribution in [0.15, 0.2) is 34.8 Å². The van der Waals surface area contributed by atoms with Gasteiger partial charge in [0, 0.05) is 17.7 Å². The van der Waals surface area contributed by atoms with Crippen molar-refractivity contribution in [3.63, 3.8) is 0 Å². The molecule has 106 valence electrons. The first-order chi connectivity index (χ1) is 9.43. The van der Waals surface area contributed by atoms with Crippen LogP contribution in [0.2, 0.25) is 0 Å². The molecule has 6 heteroatoms. The molecular formula is C14H9Br2F3O. The fraction of sp³-hybridized carbons (Fsp3) is 0.143. The van der Waals surface area contributed by atoms with E-state index in [0.717, 1.165) is 12.1 Å². The van der Waals surface area contributed by atoms with E-state index in [-0.39, 0.29) is 15.8 Å². The highest BCUT2D eigenvalue weighted by atomic mass is 79.9. The van der Waals surface area contributed by atoms with Crippen molar-refractivity contribution in [2.24, 2.45) is 0 Å². The minimum absolute atomic E-state index is 0.0884. The van der Waals surface area contributed by atoms with E-state index in [9.17, 15) is 13.2 Å². The molecule has 0 aliphatic heterocycles. The van der Waals surface area contributed by atoms with Crippen LogP contribution in [-0.4, -0.2) is 7.11 Å². The van der Waals surface area contributed by atoms with Gasteiger partial charge in [0.15, 0.2) is 0 Å². The number of rotatable bonds is 3. The van der Waals surface area contributed by atoms with Crippen LogP contribution < -0.4 is 4.74 Å². The van der Waals surface area contributed by atoms with Crippen LogP contribution >= 0.6 is 31.9 Å². The van der Waals surface area contributed by atoms with E-state index in [4.69, 9.17) is 4.74 Å². The number of alkyl halides is 1. The molecule has 0 fully saturated rings. The number of benzene rings is 2. The summed E-state index contributed by atoms with van der Waals surface area (Å²) in [7, 11) is 1.32. The van der Waals surface area contributed by atoms with Gasteiger partial charge in [-0.25, -0.2) is 13.2 Å². The van der Waals surface area contributed by atoms with Crippen molar-refractivity contribution in [3.8, 4) is 5.75 Å². The Morgan fingerprint density at radius 3 is 2.10 bits per heavy atom. The van der Waals surface area contributed by atoms with Gasteiger partial charge in [0.25, 0.3) is 0 Å². The zero-order valence-corrected chi connectivity index (χ0v) is 13.4. The van der Waals surface area contributed by atoms with Crippen molar-refractivity contribution >= 4 is 31.9 Å². The van der Waals surface area contributed by atoms with Gasteiger partial charge in [-0.15, -0.1) is 0 Å². The smallest absolute Gasteiger partial charge is 0.137 e. The molecule has 2 aromatic carbocycles. The monoisotopic (exact) mass is 408 g/mol.